The van der Waals surface area contributed by atoms with Crippen LogP contribution in [0, 0.1) is 0 Å². The van der Waals surface area contributed by atoms with Gasteiger partial charge in [0.2, 0.25) is 5.95 Å². The molecule has 0 aromatic carbocycles. The van der Waals surface area contributed by atoms with Crippen LogP contribution in [0.5, 0.6) is 0 Å². The van der Waals surface area contributed by atoms with Gasteiger partial charge in [0.1, 0.15) is 12.3 Å². The summed E-state index contributed by atoms with van der Waals surface area (Å²) in [6.45, 7) is 1.94. The van der Waals surface area contributed by atoms with Crippen molar-refractivity contribution in [1.29, 1.82) is 0 Å². The highest BCUT2D eigenvalue weighted by atomic mass is 31.2. The molecule has 0 unspecified atom stereocenters. The number of ether oxygens (including phenoxy) is 1. The highest BCUT2D eigenvalue weighted by Gasteiger charge is 2.37. The smallest absolute Gasteiger partial charge is 0.390 e. The van der Waals surface area contributed by atoms with Gasteiger partial charge in [0.15, 0.2) is 11.2 Å². The summed E-state index contributed by atoms with van der Waals surface area (Å²) in [7, 11) is -4.66. The summed E-state index contributed by atoms with van der Waals surface area (Å²) < 4.78 is 22.2. The number of aromatic nitrogens is 4. The van der Waals surface area contributed by atoms with E-state index in [9.17, 15) is 14.5 Å². The first-order valence-electron chi connectivity index (χ1n) is 7.53. The topological polar surface area (TPSA) is 172 Å². The third kappa shape index (κ3) is 3.89. The summed E-state index contributed by atoms with van der Waals surface area (Å²) in [5.41, 5.74) is -0.0252. The molecule has 138 valence electrons. The minimum Gasteiger partial charge on any atom is -0.390 e. The number of rotatable bonds is 6. The summed E-state index contributed by atoms with van der Waals surface area (Å²) in [6.07, 6.45) is -1.12. The Morgan fingerprint density at radius 3 is 3.00 bits per heavy atom. The van der Waals surface area contributed by atoms with Crippen molar-refractivity contribution in [2.75, 3.05) is 18.5 Å². The fraction of sp³-hybridized carbons (Fsp3) is 0.583. The third-order valence-corrected chi connectivity index (χ3v) is 4.18. The van der Waals surface area contributed by atoms with Crippen molar-refractivity contribution in [1.82, 2.24) is 19.5 Å². The molecule has 25 heavy (non-hydrogen) atoms. The lowest BCUT2D eigenvalue weighted by atomic mass is 10.2. The molecule has 0 amide bonds. The molecule has 12 nitrogen and oxygen atoms in total. The maximum absolute atomic E-state index is 12.0. The highest BCUT2D eigenvalue weighted by molar-refractivity contribution is 7.46. The third-order valence-electron chi connectivity index (χ3n) is 3.70. The van der Waals surface area contributed by atoms with Crippen molar-refractivity contribution < 1.29 is 28.7 Å². The number of H-pyrrole nitrogens is 1. The zero-order valence-electron chi connectivity index (χ0n) is 13.2. The fourth-order valence-corrected chi connectivity index (χ4v) is 2.94. The molecule has 1 fully saturated rings. The van der Waals surface area contributed by atoms with Crippen molar-refractivity contribution in [2.24, 2.45) is 0 Å². The van der Waals surface area contributed by atoms with Crippen LogP contribution in [0.2, 0.25) is 0 Å². The van der Waals surface area contributed by atoms with E-state index in [1.165, 1.54) is 10.9 Å². The number of phosphoric ester groups is 1. The Bertz CT molecular complexity index is 861. The van der Waals surface area contributed by atoms with E-state index in [1.807, 2.05) is 6.92 Å². The molecular formula is C12H18N5O7P. The molecule has 5 N–H and O–H groups in total. The first-order chi connectivity index (χ1) is 11.8. The minimum atomic E-state index is -4.66. The van der Waals surface area contributed by atoms with Gasteiger partial charge in [0.25, 0.3) is 5.56 Å². The van der Waals surface area contributed by atoms with Gasteiger partial charge in [-0.3, -0.25) is 18.9 Å². The quantitative estimate of drug-likeness (QED) is 0.407. The number of hydrogen-bond donors (Lipinski definition) is 5. The van der Waals surface area contributed by atoms with Gasteiger partial charge in [0, 0.05) is 13.0 Å². The number of aliphatic hydroxyl groups excluding tert-OH is 1. The molecule has 3 atom stereocenters. The van der Waals surface area contributed by atoms with Crippen LogP contribution in [0.25, 0.3) is 11.2 Å². The van der Waals surface area contributed by atoms with Crippen LogP contribution in [0.3, 0.4) is 0 Å². The van der Waals surface area contributed by atoms with Gasteiger partial charge in [-0.15, -0.1) is 0 Å². The Hall–Kier alpha value is -1.82. The van der Waals surface area contributed by atoms with Gasteiger partial charge >= 0.3 is 7.82 Å². The number of aromatic amines is 1. The largest absolute Gasteiger partial charge is 0.469 e. The Morgan fingerprint density at radius 2 is 2.32 bits per heavy atom. The molecule has 2 aromatic rings. The van der Waals surface area contributed by atoms with E-state index in [2.05, 4.69) is 24.8 Å². The summed E-state index contributed by atoms with van der Waals surface area (Å²) in [6, 6.07) is 0. The molecule has 0 bridgehead atoms. The molecule has 3 rings (SSSR count). The SMILES string of the molecule is CCNc1nc2c(ncn2[C@H]2C[C@H](O)[C@@H](COP(=O)(O)O)O2)c(=O)[nH]1. The predicted octanol–water partition coefficient (Wildman–Crippen LogP) is -0.691. The number of nitrogens with one attached hydrogen (secondary N) is 2. The Morgan fingerprint density at radius 1 is 1.56 bits per heavy atom. The summed E-state index contributed by atoms with van der Waals surface area (Å²) >= 11 is 0. The first-order valence-corrected chi connectivity index (χ1v) is 9.06. The molecule has 1 aliphatic heterocycles. The van der Waals surface area contributed by atoms with E-state index in [-0.39, 0.29) is 23.5 Å². The van der Waals surface area contributed by atoms with Crippen LogP contribution >= 0.6 is 7.82 Å². The zero-order chi connectivity index (χ0) is 18.2. The van der Waals surface area contributed by atoms with Crippen LogP contribution in [0.15, 0.2) is 11.1 Å². The lowest BCUT2D eigenvalue weighted by Gasteiger charge is -2.16. The maximum atomic E-state index is 12.0. The van der Waals surface area contributed by atoms with E-state index in [4.69, 9.17) is 14.5 Å². The van der Waals surface area contributed by atoms with E-state index < -0.39 is 38.4 Å². The number of nitrogens with zero attached hydrogens (tertiary/aromatic N) is 3. The zero-order valence-corrected chi connectivity index (χ0v) is 14.1. The van der Waals surface area contributed by atoms with Gasteiger partial charge in [-0.1, -0.05) is 0 Å². The molecular weight excluding hydrogens is 357 g/mol. The monoisotopic (exact) mass is 375 g/mol. The number of imidazole rings is 1. The second-order valence-corrected chi connectivity index (χ2v) is 6.73. The van der Waals surface area contributed by atoms with Gasteiger partial charge in [-0.05, 0) is 6.92 Å². The van der Waals surface area contributed by atoms with Crippen molar-refractivity contribution in [3.05, 3.63) is 16.7 Å². The van der Waals surface area contributed by atoms with E-state index in [0.717, 1.165) is 0 Å². The minimum absolute atomic E-state index is 0.120. The molecule has 1 aliphatic rings. The Balaban J connectivity index is 1.85. The molecule has 2 aromatic heterocycles. The average molecular weight is 375 g/mol. The molecule has 0 spiro atoms. The van der Waals surface area contributed by atoms with Crippen LogP contribution in [-0.2, 0) is 13.8 Å². The Labute approximate surface area is 141 Å². The van der Waals surface area contributed by atoms with Crippen molar-refractivity contribution >= 4 is 24.9 Å². The lowest BCUT2D eigenvalue weighted by Crippen LogP contribution is -2.25. The Kier molecular flexibility index (Phi) is 4.91. The van der Waals surface area contributed by atoms with Crippen molar-refractivity contribution in [3.63, 3.8) is 0 Å². The predicted molar refractivity (Wildman–Crippen MR) is 84.8 cm³/mol. The number of fused-ring (bicyclic) bond motifs is 1. The van der Waals surface area contributed by atoms with Crippen LogP contribution < -0.4 is 10.9 Å². The van der Waals surface area contributed by atoms with Crippen molar-refractivity contribution in [3.8, 4) is 0 Å². The first kappa shape index (κ1) is 18.0. The van der Waals surface area contributed by atoms with E-state index in [1.54, 1.807) is 0 Å². The fourth-order valence-electron chi connectivity index (χ4n) is 2.59. The standard InChI is InChI=1S/C12H18N5O7P/c1-2-13-12-15-10-9(11(19)16-12)14-5-17(10)8-3-6(18)7(24-8)4-23-25(20,21)22/h5-8,18H,2-4H2,1H3,(H2,20,21,22)(H2,13,15,16,19)/t6-,7+,8+/m0/s1. The lowest BCUT2D eigenvalue weighted by molar-refractivity contribution is -0.0424. The second kappa shape index (κ2) is 6.83. The summed E-state index contributed by atoms with van der Waals surface area (Å²) in [4.78, 5) is 40.4. The van der Waals surface area contributed by atoms with E-state index in [0.29, 0.717) is 6.54 Å². The van der Waals surface area contributed by atoms with Gasteiger partial charge < -0.3 is 24.9 Å². The second-order valence-electron chi connectivity index (χ2n) is 5.49. The van der Waals surface area contributed by atoms with Crippen LogP contribution in [0.4, 0.5) is 5.95 Å². The molecule has 3 heterocycles. The van der Waals surface area contributed by atoms with Gasteiger partial charge in [0.05, 0.1) is 19.0 Å². The van der Waals surface area contributed by atoms with Gasteiger partial charge in [-0.25, -0.2) is 9.55 Å². The molecule has 0 saturated carbocycles. The highest BCUT2D eigenvalue weighted by Crippen LogP contribution is 2.38. The number of anilines is 1. The molecule has 13 heteroatoms. The molecule has 0 aliphatic carbocycles. The van der Waals surface area contributed by atoms with Gasteiger partial charge in [-0.2, -0.15) is 4.98 Å². The van der Waals surface area contributed by atoms with Crippen molar-refractivity contribution in [2.45, 2.75) is 31.8 Å². The average Bonchev–Trinajstić information content (AvgIpc) is 3.08. The number of aliphatic hydroxyl groups is 1. The molecule has 1 saturated heterocycles. The summed E-state index contributed by atoms with van der Waals surface area (Å²) in [5.74, 6) is 0.279. The van der Waals surface area contributed by atoms with Crippen LogP contribution in [-0.4, -0.2) is 59.8 Å². The maximum Gasteiger partial charge on any atom is 0.469 e. The summed E-state index contributed by atoms with van der Waals surface area (Å²) in [5, 5.41) is 12.9. The number of hydrogen-bond acceptors (Lipinski definition) is 8. The molecule has 0 radical (unpaired) electrons. The van der Waals surface area contributed by atoms with Crippen LogP contribution in [0.1, 0.15) is 19.6 Å². The normalized spacial score (nSPS) is 24.1. The number of phosphoric acid groups is 1. The van der Waals surface area contributed by atoms with E-state index >= 15 is 0 Å².